The van der Waals surface area contributed by atoms with Crippen LogP contribution >= 0.6 is 0 Å². The van der Waals surface area contributed by atoms with Crippen molar-refractivity contribution in [2.24, 2.45) is 0 Å². The van der Waals surface area contributed by atoms with Gasteiger partial charge in [-0.2, -0.15) is 0 Å². The Morgan fingerprint density at radius 3 is 2.77 bits per heavy atom. The van der Waals surface area contributed by atoms with Crippen LogP contribution < -0.4 is 14.4 Å². The second-order valence-electron chi connectivity index (χ2n) is 6.50. The fourth-order valence-electron chi connectivity index (χ4n) is 3.29. The van der Waals surface area contributed by atoms with Gasteiger partial charge in [-0.05, 0) is 35.9 Å². The molecule has 2 aromatic rings. The van der Waals surface area contributed by atoms with Crippen molar-refractivity contribution in [2.45, 2.75) is 6.10 Å². The number of rotatable bonds is 4. The molecule has 1 N–H and O–H groups in total. The molecule has 6 heteroatoms. The van der Waals surface area contributed by atoms with Crippen molar-refractivity contribution >= 4 is 5.82 Å². The largest absolute Gasteiger partial charge is 0.485 e. The Labute approximate surface area is 153 Å². The average molecular weight is 353 g/mol. The van der Waals surface area contributed by atoms with Crippen molar-refractivity contribution in [1.82, 2.24) is 9.88 Å². The lowest BCUT2D eigenvalue weighted by molar-refractivity contribution is 0.109. The zero-order valence-corrected chi connectivity index (χ0v) is 14.6. The van der Waals surface area contributed by atoms with Gasteiger partial charge in [0.2, 0.25) is 0 Å². The second-order valence-corrected chi connectivity index (χ2v) is 6.50. The van der Waals surface area contributed by atoms with Gasteiger partial charge in [0.25, 0.3) is 0 Å². The minimum absolute atomic E-state index is 0.474. The number of benzene rings is 1. The van der Waals surface area contributed by atoms with Gasteiger partial charge in [0.15, 0.2) is 11.5 Å². The van der Waals surface area contributed by atoms with E-state index >= 15 is 0 Å². The number of piperazine rings is 1. The molecule has 26 heavy (non-hydrogen) atoms. The van der Waals surface area contributed by atoms with Crippen molar-refractivity contribution in [1.29, 1.82) is 0 Å². The van der Waals surface area contributed by atoms with E-state index in [0.717, 1.165) is 37.6 Å². The zero-order valence-electron chi connectivity index (χ0n) is 14.6. The number of nitrogens with zero attached hydrogens (tertiary/aromatic N) is 3. The lowest BCUT2D eigenvalue weighted by Crippen LogP contribution is -2.47. The minimum Gasteiger partial charge on any atom is -0.485 e. The van der Waals surface area contributed by atoms with Crippen molar-refractivity contribution in [3.05, 3.63) is 60.5 Å². The summed E-state index contributed by atoms with van der Waals surface area (Å²) in [5.74, 6) is 2.37. The zero-order chi connectivity index (χ0) is 17.8. The first kappa shape index (κ1) is 16.9. The third-order valence-corrected chi connectivity index (χ3v) is 4.76. The van der Waals surface area contributed by atoms with Crippen molar-refractivity contribution < 1.29 is 14.6 Å². The maximum Gasteiger partial charge on any atom is 0.168 e. The van der Waals surface area contributed by atoms with Crippen LogP contribution in [-0.4, -0.2) is 54.3 Å². The molecule has 2 aliphatic rings. The third-order valence-electron chi connectivity index (χ3n) is 4.76. The highest BCUT2D eigenvalue weighted by Gasteiger charge is 2.21. The van der Waals surface area contributed by atoms with Gasteiger partial charge in [0.1, 0.15) is 12.4 Å². The van der Waals surface area contributed by atoms with E-state index in [1.165, 1.54) is 0 Å². The molecule has 1 fully saturated rings. The SMILES string of the molecule is OC(CN1CCN(c2ccccn2)CC1)c1ccc2c(c1)OCC=CO2. The van der Waals surface area contributed by atoms with Gasteiger partial charge in [-0.3, -0.25) is 4.90 Å². The number of aliphatic hydroxyl groups is 1. The number of hydrogen-bond donors (Lipinski definition) is 1. The van der Waals surface area contributed by atoms with Crippen LogP contribution in [0.2, 0.25) is 0 Å². The van der Waals surface area contributed by atoms with Crippen LogP contribution in [0, 0.1) is 0 Å². The number of β-amino-alcohol motifs (C(OH)–C–C–N with tert-alkyl or cyclic N) is 1. The van der Waals surface area contributed by atoms with Crippen LogP contribution in [-0.2, 0) is 0 Å². The maximum absolute atomic E-state index is 10.6. The Balaban J connectivity index is 1.34. The molecule has 1 aromatic carbocycles. The molecular weight excluding hydrogens is 330 g/mol. The standard InChI is InChI=1S/C20H23N3O3/c24-17(16-5-6-18-19(14-16)26-13-3-12-25-18)15-22-8-10-23(11-9-22)20-4-1-2-7-21-20/h1-7,12,14,17,24H,8-11,13,15H2. The number of aliphatic hydroxyl groups excluding tert-OH is 1. The summed E-state index contributed by atoms with van der Waals surface area (Å²) in [5.41, 5.74) is 0.849. The Bertz CT molecular complexity index is 758. The fraction of sp³-hybridized carbons (Fsp3) is 0.350. The molecule has 1 unspecified atom stereocenters. The molecule has 1 aromatic heterocycles. The summed E-state index contributed by atoms with van der Waals surface area (Å²) in [7, 11) is 0. The van der Waals surface area contributed by atoms with E-state index in [4.69, 9.17) is 9.47 Å². The number of pyridine rings is 1. The normalized spacial score (nSPS) is 18.4. The molecule has 2 aliphatic heterocycles. The fourth-order valence-corrected chi connectivity index (χ4v) is 3.29. The van der Waals surface area contributed by atoms with Gasteiger partial charge in [-0.15, -0.1) is 0 Å². The maximum atomic E-state index is 10.6. The summed E-state index contributed by atoms with van der Waals surface area (Å²) < 4.78 is 11.1. The minimum atomic E-state index is -0.554. The number of fused-ring (bicyclic) bond motifs is 1. The van der Waals surface area contributed by atoms with Gasteiger partial charge in [0.05, 0.1) is 12.4 Å². The molecule has 0 aliphatic carbocycles. The van der Waals surface area contributed by atoms with Gasteiger partial charge in [-0.1, -0.05) is 12.1 Å². The molecule has 0 amide bonds. The van der Waals surface area contributed by atoms with E-state index in [1.807, 2.05) is 48.7 Å². The molecular formula is C20H23N3O3. The lowest BCUT2D eigenvalue weighted by Gasteiger charge is -2.36. The Morgan fingerprint density at radius 1 is 1.08 bits per heavy atom. The highest BCUT2D eigenvalue weighted by molar-refractivity contribution is 5.45. The first-order valence-electron chi connectivity index (χ1n) is 8.94. The van der Waals surface area contributed by atoms with E-state index < -0.39 is 6.10 Å². The molecule has 0 spiro atoms. The van der Waals surface area contributed by atoms with Gasteiger partial charge in [0, 0.05) is 38.9 Å². The smallest absolute Gasteiger partial charge is 0.168 e. The predicted octanol–water partition coefficient (Wildman–Crippen LogP) is 2.22. The van der Waals surface area contributed by atoms with Crippen molar-refractivity contribution in [3.63, 3.8) is 0 Å². The third kappa shape index (κ3) is 3.81. The highest BCUT2D eigenvalue weighted by Crippen LogP contribution is 2.32. The molecule has 3 heterocycles. The molecule has 136 valence electrons. The molecule has 1 atom stereocenters. The monoisotopic (exact) mass is 353 g/mol. The molecule has 0 radical (unpaired) electrons. The molecule has 6 nitrogen and oxygen atoms in total. The van der Waals surface area contributed by atoms with E-state index in [9.17, 15) is 5.11 Å². The molecule has 0 saturated carbocycles. The van der Waals surface area contributed by atoms with E-state index in [2.05, 4.69) is 14.8 Å². The van der Waals surface area contributed by atoms with Crippen LogP contribution in [0.15, 0.2) is 54.9 Å². The van der Waals surface area contributed by atoms with Crippen LogP contribution in [0.3, 0.4) is 0 Å². The van der Waals surface area contributed by atoms with Crippen molar-refractivity contribution in [2.75, 3.05) is 44.2 Å². The van der Waals surface area contributed by atoms with E-state index in [1.54, 1.807) is 6.26 Å². The Hall–Kier alpha value is -2.57. The number of hydrogen-bond acceptors (Lipinski definition) is 6. The number of ether oxygens (including phenoxy) is 2. The van der Waals surface area contributed by atoms with Gasteiger partial charge < -0.3 is 19.5 Å². The summed E-state index contributed by atoms with van der Waals surface area (Å²) >= 11 is 0. The summed E-state index contributed by atoms with van der Waals surface area (Å²) in [5, 5.41) is 10.6. The summed E-state index contributed by atoms with van der Waals surface area (Å²) in [6.07, 6.45) is 4.71. The van der Waals surface area contributed by atoms with Gasteiger partial charge >= 0.3 is 0 Å². The Morgan fingerprint density at radius 2 is 1.96 bits per heavy atom. The number of aromatic nitrogens is 1. The lowest BCUT2D eigenvalue weighted by atomic mass is 10.1. The Kier molecular flexibility index (Phi) is 5.04. The summed E-state index contributed by atoms with van der Waals surface area (Å²) in [6, 6.07) is 11.6. The highest BCUT2D eigenvalue weighted by atomic mass is 16.5. The van der Waals surface area contributed by atoms with Gasteiger partial charge in [-0.25, -0.2) is 4.98 Å². The molecule has 0 bridgehead atoms. The molecule has 1 saturated heterocycles. The first-order valence-corrected chi connectivity index (χ1v) is 8.94. The van der Waals surface area contributed by atoms with Crippen LogP contribution in [0.5, 0.6) is 11.5 Å². The van der Waals surface area contributed by atoms with E-state index in [0.29, 0.717) is 24.7 Å². The van der Waals surface area contributed by atoms with Crippen molar-refractivity contribution in [3.8, 4) is 11.5 Å². The van der Waals surface area contributed by atoms with Crippen LogP contribution in [0.1, 0.15) is 11.7 Å². The predicted molar refractivity (Wildman–Crippen MR) is 99.6 cm³/mol. The number of anilines is 1. The quantitative estimate of drug-likeness (QED) is 0.910. The summed E-state index contributed by atoms with van der Waals surface area (Å²) in [4.78, 5) is 8.98. The summed E-state index contributed by atoms with van der Waals surface area (Å²) in [6.45, 7) is 4.72. The van der Waals surface area contributed by atoms with E-state index in [-0.39, 0.29) is 0 Å². The average Bonchev–Trinajstić information content (AvgIpc) is 2.94. The second kappa shape index (κ2) is 7.76. The van der Waals surface area contributed by atoms with Crippen LogP contribution in [0.4, 0.5) is 5.82 Å². The topological polar surface area (TPSA) is 58.1 Å². The first-order chi connectivity index (χ1) is 12.8. The van der Waals surface area contributed by atoms with Crippen LogP contribution in [0.25, 0.3) is 0 Å². The molecule has 4 rings (SSSR count).